The van der Waals surface area contributed by atoms with Crippen molar-refractivity contribution in [2.75, 3.05) is 39.0 Å². The molecular weight excluding hydrogens is 354 g/mol. The average molecular weight is 383 g/mol. The summed E-state index contributed by atoms with van der Waals surface area (Å²) >= 11 is 0. The number of likely N-dealkylation sites (N-methyl/N-ethyl adjacent to an activating group) is 1. The summed E-state index contributed by atoms with van der Waals surface area (Å²) in [4.78, 5) is 31.3. The second-order valence-electron chi connectivity index (χ2n) is 7.73. The van der Waals surface area contributed by atoms with Gasteiger partial charge in [-0.15, -0.1) is 0 Å². The van der Waals surface area contributed by atoms with Crippen LogP contribution in [0.1, 0.15) is 28.0 Å². The van der Waals surface area contributed by atoms with Gasteiger partial charge in [0.05, 0.1) is 11.1 Å². The molecule has 0 aliphatic carbocycles. The molecule has 0 radical (unpaired) electrons. The second kappa shape index (κ2) is 8.06. The second-order valence-corrected chi connectivity index (χ2v) is 7.73. The Balaban J connectivity index is 1.76. The molecule has 28 heavy (non-hydrogen) atoms. The Hall–Kier alpha value is -2.80. The first-order valence-electron chi connectivity index (χ1n) is 9.56. The largest absolute Gasteiger partial charge is 0.380 e. The summed E-state index contributed by atoms with van der Waals surface area (Å²) in [5, 5.41) is 4.56. The number of nitrogens with zero attached hydrogens (tertiary/aromatic N) is 2. The SMILES string of the molecule is Cc1[nH]c2c(C(N)=O)ccc(NC3CCN(C(=O)C=CCN(C)C)C3)c2c1C. The van der Waals surface area contributed by atoms with Crippen LogP contribution < -0.4 is 11.1 Å². The molecule has 1 atom stereocenters. The van der Waals surface area contributed by atoms with E-state index in [2.05, 4.69) is 10.3 Å². The van der Waals surface area contributed by atoms with Crippen molar-refractivity contribution in [1.82, 2.24) is 14.8 Å². The first kappa shape index (κ1) is 19.9. The lowest BCUT2D eigenvalue weighted by Gasteiger charge is -2.18. The summed E-state index contributed by atoms with van der Waals surface area (Å²) in [6, 6.07) is 3.83. The lowest BCUT2D eigenvalue weighted by Crippen LogP contribution is -2.30. The van der Waals surface area contributed by atoms with Crippen LogP contribution in [-0.2, 0) is 4.79 Å². The normalized spacial score (nSPS) is 17.2. The number of nitrogens with one attached hydrogen (secondary N) is 2. The van der Waals surface area contributed by atoms with Crippen LogP contribution in [0.4, 0.5) is 5.69 Å². The number of aryl methyl sites for hydroxylation is 2. The molecule has 2 aromatic rings. The standard InChI is InChI=1S/C21H29N5O2/c1-13-14(2)23-20-16(21(22)28)7-8-17(19(13)20)24-15-9-11-26(12-15)18(27)6-5-10-25(3)4/h5-8,15,23-24H,9-12H2,1-4H3,(H2,22,28). The Bertz CT molecular complexity index is 929. The highest BCUT2D eigenvalue weighted by atomic mass is 16.2. The molecule has 1 aromatic carbocycles. The molecule has 1 fully saturated rings. The van der Waals surface area contributed by atoms with Crippen molar-refractivity contribution in [3.63, 3.8) is 0 Å². The monoisotopic (exact) mass is 383 g/mol. The van der Waals surface area contributed by atoms with E-state index in [1.807, 2.05) is 49.9 Å². The van der Waals surface area contributed by atoms with Gasteiger partial charge in [0.25, 0.3) is 5.91 Å². The number of benzene rings is 1. The number of aromatic nitrogens is 1. The Kier molecular flexibility index (Phi) is 5.74. The van der Waals surface area contributed by atoms with Crippen molar-refractivity contribution in [2.45, 2.75) is 26.3 Å². The molecular formula is C21H29N5O2. The van der Waals surface area contributed by atoms with Gasteiger partial charge in [-0.1, -0.05) is 6.08 Å². The zero-order chi connectivity index (χ0) is 20.4. The molecule has 0 bridgehead atoms. The fourth-order valence-electron chi connectivity index (χ4n) is 3.68. The number of carbonyl (C=O) groups excluding carboxylic acids is 2. The van der Waals surface area contributed by atoms with Crippen LogP contribution in [0.3, 0.4) is 0 Å². The quantitative estimate of drug-likeness (QED) is 0.665. The van der Waals surface area contributed by atoms with Crippen LogP contribution in [0.15, 0.2) is 24.3 Å². The summed E-state index contributed by atoms with van der Waals surface area (Å²) in [6.07, 6.45) is 4.43. The number of hydrogen-bond donors (Lipinski definition) is 3. The number of hydrogen-bond acceptors (Lipinski definition) is 4. The summed E-state index contributed by atoms with van der Waals surface area (Å²) in [5.74, 6) is -0.394. The van der Waals surface area contributed by atoms with Crippen LogP contribution in [0.2, 0.25) is 0 Å². The number of anilines is 1. The lowest BCUT2D eigenvalue weighted by atomic mass is 10.0. The predicted octanol–water partition coefficient (Wildman–Crippen LogP) is 2.01. The van der Waals surface area contributed by atoms with Crippen LogP contribution in [0.25, 0.3) is 10.9 Å². The fraction of sp³-hybridized carbons (Fsp3) is 0.429. The molecule has 2 heterocycles. The van der Waals surface area contributed by atoms with Crippen molar-refractivity contribution in [2.24, 2.45) is 5.73 Å². The Morgan fingerprint density at radius 3 is 2.79 bits per heavy atom. The molecule has 1 unspecified atom stereocenters. The van der Waals surface area contributed by atoms with Crippen LogP contribution in [0, 0.1) is 13.8 Å². The van der Waals surface area contributed by atoms with Crippen LogP contribution in [0.5, 0.6) is 0 Å². The molecule has 1 aliphatic heterocycles. The summed E-state index contributed by atoms with van der Waals surface area (Å²) in [5.41, 5.74) is 9.86. The Labute approximate surface area is 165 Å². The zero-order valence-corrected chi connectivity index (χ0v) is 17.0. The van der Waals surface area contributed by atoms with Crippen molar-refractivity contribution in [3.05, 3.63) is 41.1 Å². The minimum absolute atomic E-state index is 0.0500. The van der Waals surface area contributed by atoms with E-state index >= 15 is 0 Å². The predicted molar refractivity (Wildman–Crippen MR) is 113 cm³/mol. The fourth-order valence-corrected chi connectivity index (χ4v) is 3.68. The number of rotatable bonds is 6. The molecule has 1 aromatic heterocycles. The van der Waals surface area contributed by atoms with Gasteiger partial charge in [-0.2, -0.15) is 0 Å². The van der Waals surface area contributed by atoms with E-state index in [9.17, 15) is 9.59 Å². The summed E-state index contributed by atoms with van der Waals surface area (Å²) < 4.78 is 0. The highest BCUT2D eigenvalue weighted by Gasteiger charge is 2.26. The molecule has 2 amide bonds. The minimum Gasteiger partial charge on any atom is -0.380 e. The third kappa shape index (κ3) is 4.04. The van der Waals surface area contributed by atoms with E-state index in [-0.39, 0.29) is 11.9 Å². The van der Waals surface area contributed by atoms with Gasteiger partial charge in [0.15, 0.2) is 0 Å². The van der Waals surface area contributed by atoms with Gasteiger partial charge >= 0.3 is 0 Å². The topological polar surface area (TPSA) is 94.5 Å². The molecule has 4 N–H and O–H groups in total. The number of aromatic amines is 1. The Morgan fingerprint density at radius 2 is 2.11 bits per heavy atom. The first-order valence-corrected chi connectivity index (χ1v) is 9.56. The van der Waals surface area contributed by atoms with E-state index in [4.69, 9.17) is 5.73 Å². The van der Waals surface area contributed by atoms with Crippen molar-refractivity contribution in [1.29, 1.82) is 0 Å². The first-order chi connectivity index (χ1) is 13.3. The molecule has 1 saturated heterocycles. The van der Waals surface area contributed by atoms with Gasteiger partial charge in [-0.3, -0.25) is 9.59 Å². The highest BCUT2D eigenvalue weighted by molar-refractivity contribution is 6.09. The maximum Gasteiger partial charge on any atom is 0.250 e. The number of carbonyl (C=O) groups is 2. The van der Waals surface area contributed by atoms with E-state index in [1.54, 1.807) is 12.1 Å². The highest BCUT2D eigenvalue weighted by Crippen LogP contribution is 2.32. The number of likely N-dealkylation sites (tertiary alicyclic amines) is 1. The van der Waals surface area contributed by atoms with E-state index in [0.29, 0.717) is 12.1 Å². The smallest absolute Gasteiger partial charge is 0.250 e. The van der Waals surface area contributed by atoms with Crippen LogP contribution >= 0.6 is 0 Å². The molecule has 150 valence electrons. The molecule has 7 heteroatoms. The van der Waals surface area contributed by atoms with E-state index in [0.717, 1.165) is 47.4 Å². The third-order valence-corrected chi connectivity index (χ3v) is 5.31. The minimum atomic E-state index is -0.444. The van der Waals surface area contributed by atoms with Crippen molar-refractivity contribution < 1.29 is 9.59 Å². The van der Waals surface area contributed by atoms with Gasteiger partial charge < -0.3 is 25.8 Å². The van der Waals surface area contributed by atoms with Crippen molar-refractivity contribution in [3.8, 4) is 0 Å². The molecule has 0 saturated carbocycles. The number of nitrogens with two attached hydrogens (primary N) is 1. The van der Waals surface area contributed by atoms with Gasteiger partial charge in [-0.05, 0) is 52.1 Å². The zero-order valence-electron chi connectivity index (χ0n) is 17.0. The molecule has 7 nitrogen and oxygen atoms in total. The van der Waals surface area contributed by atoms with Gasteiger partial charge in [0.2, 0.25) is 5.91 Å². The number of H-pyrrole nitrogens is 1. The van der Waals surface area contributed by atoms with Gasteiger partial charge in [0.1, 0.15) is 0 Å². The molecule has 0 spiro atoms. The average Bonchev–Trinajstić information content (AvgIpc) is 3.20. The number of primary amides is 1. The lowest BCUT2D eigenvalue weighted by molar-refractivity contribution is -0.125. The van der Waals surface area contributed by atoms with Gasteiger partial charge in [0, 0.05) is 48.5 Å². The van der Waals surface area contributed by atoms with Crippen LogP contribution in [-0.4, -0.2) is 66.4 Å². The summed E-state index contributed by atoms with van der Waals surface area (Å²) in [7, 11) is 3.94. The maximum atomic E-state index is 12.4. The Morgan fingerprint density at radius 1 is 1.36 bits per heavy atom. The molecule has 1 aliphatic rings. The third-order valence-electron chi connectivity index (χ3n) is 5.31. The van der Waals surface area contributed by atoms with E-state index < -0.39 is 5.91 Å². The van der Waals surface area contributed by atoms with Crippen molar-refractivity contribution >= 4 is 28.4 Å². The maximum absolute atomic E-state index is 12.4. The van der Waals surface area contributed by atoms with E-state index in [1.165, 1.54) is 0 Å². The summed E-state index contributed by atoms with van der Waals surface area (Å²) in [6.45, 7) is 6.16. The number of fused-ring (bicyclic) bond motifs is 1. The van der Waals surface area contributed by atoms with Gasteiger partial charge in [-0.25, -0.2) is 0 Å². The number of amides is 2. The molecule has 3 rings (SSSR count).